The van der Waals surface area contributed by atoms with E-state index in [0.717, 1.165) is 28.2 Å². The summed E-state index contributed by atoms with van der Waals surface area (Å²) in [5.74, 6) is 2.24. The largest absolute Gasteiger partial charge is 0.369 e. The molecule has 0 N–H and O–H groups in total. The van der Waals surface area contributed by atoms with Crippen LogP contribution in [0.2, 0.25) is 0 Å². The molecule has 3 aliphatic carbocycles. The first kappa shape index (κ1) is 16.3. The lowest BCUT2D eigenvalue weighted by Gasteiger charge is -2.50. The van der Waals surface area contributed by atoms with E-state index in [-0.39, 0.29) is 0 Å². The summed E-state index contributed by atoms with van der Waals surface area (Å²) >= 11 is 0. The van der Waals surface area contributed by atoms with E-state index in [1.165, 1.54) is 32.1 Å². The highest BCUT2D eigenvalue weighted by Gasteiger charge is 2.66. The van der Waals surface area contributed by atoms with Crippen molar-refractivity contribution in [3.8, 4) is 0 Å². The minimum Gasteiger partial charge on any atom is -0.369 e. The van der Waals surface area contributed by atoms with Gasteiger partial charge in [-0.1, -0.05) is 13.8 Å². The quantitative estimate of drug-likeness (QED) is 0.607. The molecule has 5 rings (SSSR count). The Labute approximate surface area is 155 Å². The Bertz CT molecular complexity index is 868. The lowest BCUT2D eigenvalue weighted by atomic mass is 9.55. The minimum absolute atomic E-state index is 0.541. The number of aliphatic imine (C=N–C) groups is 1. The summed E-state index contributed by atoms with van der Waals surface area (Å²) in [6.45, 7) is 4.94. The molecule has 2 aromatic heterocycles. The third-order valence-electron chi connectivity index (χ3n) is 7.64. The molecule has 0 saturated heterocycles. The van der Waals surface area contributed by atoms with Gasteiger partial charge < -0.3 is 9.47 Å². The van der Waals surface area contributed by atoms with Gasteiger partial charge in [0, 0.05) is 26.3 Å². The zero-order chi connectivity index (χ0) is 18.1. The average molecular weight is 351 g/mol. The molecule has 0 amide bonds. The van der Waals surface area contributed by atoms with E-state index in [1.807, 2.05) is 19.0 Å². The zero-order valence-corrected chi connectivity index (χ0v) is 16.3. The van der Waals surface area contributed by atoms with Crippen LogP contribution < -0.4 is 0 Å². The molecular formula is C21H29N5. The van der Waals surface area contributed by atoms with Crippen LogP contribution in [0.1, 0.15) is 52.0 Å². The van der Waals surface area contributed by atoms with Crippen LogP contribution >= 0.6 is 0 Å². The molecule has 3 aliphatic rings. The normalized spacial score (nSPS) is 31.2. The molecule has 2 aromatic rings. The maximum Gasteiger partial charge on any atom is 0.166 e. The SMILES string of the molecule is C[C@H]1[C@H](n2ccc3c(/N=C/N(C)C)ncnc32)CC2(CC3(CC3)C2)[C@H]1C. The second-order valence-electron chi connectivity index (χ2n) is 9.50. The van der Waals surface area contributed by atoms with E-state index in [2.05, 4.69) is 45.6 Å². The molecule has 0 bridgehead atoms. The number of rotatable bonds is 3. The molecule has 0 unspecified atom stereocenters. The maximum atomic E-state index is 4.63. The van der Waals surface area contributed by atoms with Crippen LogP contribution in [0.15, 0.2) is 23.6 Å². The van der Waals surface area contributed by atoms with Gasteiger partial charge in [0.25, 0.3) is 0 Å². The van der Waals surface area contributed by atoms with Gasteiger partial charge >= 0.3 is 0 Å². The van der Waals surface area contributed by atoms with Crippen molar-refractivity contribution < 1.29 is 0 Å². The Kier molecular flexibility index (Phi) is 3.32. The van der Waals surface area contributed by atoms with Gasteiger partial charge in [-0.3, -0.25) is 0 Å². The van der Waals surface area contributed by atoms with Crippen molar-refractivity contribution in [3.63, 3.8) is 0 Å². The summed E-state index contributed by atoms with van der Waals surface area (Å²) < 4.78 is 2.42. The summed E-state index contributed by atoms with van der Waals surface area (Å²) in [6.07, 6.45) is 12.9. The molecule has 0 aliphatic heterocycles. The summed E-state index contributed by atoms with van der Waals surface area (Å²) in [5, 5.41) is 1.05. The summed E-state index contributed by atoms with van der Waals surface area (Å²) in [5.41, 5.74) is 2.38. The zero-order valence-electron chi connectivity index (χ0n) is 16.3. The molecule has 138 valence electrons. The fourth-order valence-electron chi connectivity index (χ4n) is 5.97. The van der Waals surface area contributed by atoms with Crippen LogP contribution in [-0.2, 0) is 0 Å². The highest BCUT2D eigenvalue weighted by Crippen LogP contribution is 2.76. The van der Waals surface area contributed by atoms with Crippen LogP contribution in [0.3, 0.4) is 0 Å². The van der Waals surface area contributed by atoms with Gasteiger partial charge in [0.1, 0.15) is 12.0 Å². The van der Waals surface area contributed by atoms with Crippen LogP contribution in [0, 0.1) is 22.7 Å². The van der Waals surface area contributed by atoms with Crippen molar-refractivity contribution in [2.45, 2.75) is 52.0 Å². The highest BCUT2D eigenvalue weighted by atomic mass is 15.1. The molecule has 5 heteroatoms. The number of aromatic nitrogens is 3. The molecule has 3 atom stereocenters. The van der Waals surface area contributed by atoms with Gasteiger partial charge in [0.2, 0.25) is 0 Å². The first-order valence-corrected chi connectivity index (χ1v) is 9.95. The number of hydrogen-bond acceptors (Lipinski definition) is 3. The Morgan fingerprint density at radius 3 is 2.69 bits per heavy atom. The number of hydrogen-bond donors (Lipinski definition) is 0. The summed E-state index contributed by atoms with van der Waals surface area (Å²) in [4.78, 5) is 15.5. The molecular weight excluding hydrogens is 322 g/mol. The standard InChI is InChI=1S/C21H29N5/c1-14-15(2)21(10-20(11-21)6-7-20)9-17(14)26-8-5-16-18(24-13-25(3)4)22-12-23-19(16)26/h5,8,12-15,17H,6-7,9-11H2,1-4H3/b24-13+/t14-,15+,17-/m1/s1. The molecule has 0 radical (unpaired) electrons. The van der Waals surface area contributed by atoms with E-state index >= 15 is 0 Å². The Morgan fingerprint density at radius 2 is 2.00 bits per heavy atom. The van der Waals surface area contributed by atoms with E-state index in [4.69, 9.17) is 0 Å². The van der Waals surface area contributed by atoms with Crippen molar-refractivity contribution in [2.75, 3.05) is 14.1 Å². The van der Waals surface area contributed by atoms with Crippen molar-refractivity contribution >= 4 is 23.2 Å². The maximum absolute atomic E-state index is 4.63. The fourth-order valence-corrected chi connectivity index (χ4v) is 5.97. The Morgan fingerprint density at radius 1 is 1.23 bits per heavy atom. The van der Waals surface area contributed by atoms with Gasteiger partial charge in [0.15, 0.2) is 5.82 Å². The predicted molar refractivity (Wildman–Crippen MR) is 105 cm³/mol. The number of nitrogens with zero attached hydrogens (tertiary/aromatic N) is 5. The first-order chi connectivity index (χ1) is 12.4. The van der Waals surface area contributed by atoms with Gasteiger partial charge in [-0.2, -0.15) is 0 Å². The molecule has 5 nitrogen and oxygen atoms in total. The number of fused-ring (bicyclic) bond motifs is 1. The fraction of sp³-hybridized carbons (Fsp3) is 0.667. The lowest BCUT2D eigenvalue weighted by molar-refractivity contribution is -0.00480. The van der Waals surface area contributed by atoms with Gasteiger partial charge in [0.05, 0.1) is 11.7 Å². The van der Waals surface area contributed by atoms with Crippen molar-refractivity contribution in [3.05, 3.63) is 18.6 Å². The van der Waals surface area contributed by atoms with E-state index in [9.17, 15) is 0 Å². The van der Waals surface area contributed by atoms with E-state index in [1.54, 1.807) is 12.7 Å². The van der Waals surface area contributed by atoms with E-state index < -0.39 is 0 Å². The highest BCUT2D eigenvalue weighted by molar-refractivity contribution is 5.87. The monoisotopic (exact) mass is 351 g/mol. The summed E-state index contributed by atoms with van der Waals surface area (Å²) in [7, 11) is 3.94. The minimum atomic E-state index is 0.541. The van der Waals surface area contributed by atoms with Crippen LogP contribution in [0.5, 0.6) is 0 Å². The second kappa shape index (κ2) is 5.30. The topological polar surface area (TPSA) is 46.3 Å². The van der Waals surface area contributed by atoms with Crippen LogP contribution in [-0.4, -0.2) is 39.9 Å². The summed E-state index contributed by atoms with van der Waals surface area (Å²) in [6, 6.07) is 2.68. The smallest absolute Gasteiger partial charge is 0.166 e. The lowest BCUT2D eigenvalue weighted by Crippen LogP contribution is -2.41. The van der Waals surface area contributed by atoms with Crippen molar-refractivity contribution in [1.82, 2.24) is 19.4 Å². The van der Waals surface area contributed by atoms with Crippen molar-refractivity contribution in [2.24, 2.45) is 27.7 Å². The predicted octanol–water partition coefficient (Wildman–Crippen LogP) is 4.43. The Hall–Kier alpha value is -1.91. The van der Waals surface area contributed by atoms with Gasteiger partial charge in [-0.15, -0.1) is 0 Å². The van der Waals surface area contributed by atoms with Crippen molar-refractivity contribution in [1.29, 1.82) is 0 Å². The van der Waals surface area contributed by atoms with Gasteiger partial charge in [-0.25, -0.2) is 15.0 Å². The van der Waals surface area contributed by atoms with E-state index in [0.29, 0.717) is 17.4 Å². The Balaban J connectivity index is 1.49. The van der Waals surface area contributed by atoms with Gasteiger partial charge in [-0.05, 0) is 60.8 Å². The third-order valence-corrected chi connectivity index (χ3v) is 7.64. The van der Waals surface area contributed by atoms with Crippen LogP contribution in [0.25, 0.3) is 11.0 Å². The third kappa shape index (κ3) is 2.25. The molecule has 2 spiro atoms. The molecule has 0 aromatic carbocycles. The average Bonchev–Trinajstić information content (AvgIpc) is 3.18. The second-order valence-corrected chi connectivity index (χ2v) is 9.50. The molecule has 3 saturated carbocycles. The molecule has 26 heavy (non-hydrogen) atoms. The van der Waals surface area contributed by atoms with Crippen LogP contribution in [0.4, 0.5) is 5.82 Å². The molecule has 2 heterocycles. The molecule has 3 fully saturated rings. The first-order valence-electron chi connectivity index (χ1n) is 9.95.